The maximum Gasteiger partial charge on any atom is 0.294 e. The monoisotopic (exact) mass is 297 g/mol. The maximum absolute atomic E-state index is 11.2. The van der Waals surface area contributed by atoms with Crippen LogP contribution in [0.2, 0.25) is 5.02 Å². The highest BCUT2D eigenvalue weighted by Crippen LogP contribution is 2.35. The van der Waals surface area contributed by atoms with Crippen molar-refractivity contribution < 1.29 is 4.92 Å². The predicted octanol–water partition coefficient (Wildman–Crippen LogP) is 3.22. The number of likely N-dealkylation sites (N-methyl/N-ethyl adjacent to an activating group) is 1. The fraction of sp³-hybridized carbons (Fsp3) is 0.571. The third-order valence-electron chi connectivity index (χ3n) is 3.71. The summed E-state index contributed by atoms with van der Waals surface area (Å²) in [5.41, 5.74) is 0.615. The summed E-state index contributed by atoms with van der Waals surface area (Å²) in [6, 6.07) is 5.22. The molecule has 110 valence electrons. The Bertz CT molecular complexity index is 475. The van der Waals surface area contributed by atoms with E-state index in [9.17, 15) is 10.1 Å². The number of nitro groups is 1. The molecule has 20 heavy (non-hydrogen) atoms. The lowest BCUT2D eigenvalue weighted by Gasteiger charge is -2.31. The molecule has 6 heteroatoms. The maximum atomic E-state index is 11.2. The number of rotatable bonds is 5. The zero-order valence-corrected chi connectivity index (χ0v) is 12.4. The first-order chi connectivity index (χ1) is 9.63. The van der Waals surface area contributed by atoms with Crippen LogP contribution in [0, 0.1) is 10.1 Å². The molecule has 0 aromatic heterocycles. The second-order valence-electron chi connectivity index (χ2n) is 5.05. The molecule has 0 aliphatic carbocycles. The summed E-state index contributed by atoms with van der Waals surface area (Å²) >= 11 is 6.20. The molecule has 1 aromatic carbocycles. The molecule has 0 saturated carbocycles. The van der Waals surface area contributed by atoms with E-state index in [1.807, 2.05) is 11.8 Å². The van der Waals surface area contributed by atoms with E-state index in [-0.39, 0.29) is 10.6 Å². The molecule has 0 radical (unpaired) electrons. The Morgan fingerprint density at radius 1 is 1.50 bits per heavy atom. The number of nitrogens with one attached hydrogen (secondary N) is 1. The fourth-order valence-corrected chi connectivity index (χ4v) is 2.98. The van der Waals surface area contributed by atoms with Gasteiger partial charge in [-0.15, -0.1) is 0 Å². The van der Waals surface area contributed by atoms with Gasteiger partial charge in [-0.25, -0.2) is 0 Å². The van der Waals surface area contributed by atoms with Crippen molar-refractivity contribution in [2.75, 3.05) is 24.5 Å². The summed E-state index contributed by atoms with van der Waals surface area (Å²) in [7, 11) is 0. The van der Waals surface area contributed by atoms with E-state index in [0.29, 0.717) is 23.3 Å². The minimum atomic E-state index is -0.363. The van der Waals surface area contributed by atoms with Gasteiger partial charge in [0.25, 0.3) is 5.69 Å². The highest BCUT2D eigenvalue weighted by Gasteiger charge is 2.24. The minimum Gasteiger partial charge on any atom is -0.363 e. The van der Waals surface area contributed by atoms with E-state index in [2.05, 4.69) is 5.32 Å². The van der Waals surface area contributed by atoms with Crippen LogP contribution >= 0.6 is 11.6 Å². The molecule has 1 N–H and O–H groups in total. The molecular formula is C14H20ClN3O2. The summed E-state index contributed by atoms with van der Waals surface area (Å²) in [5.74, 6) is 0. The molecule has 1 aliphatic rings. The Labute approximate surface area is 124 Å². The van der Waals surface area contributed by atoms with Crippen LogP contribution in [0.3, 0.4) is 0 Å². The number of halogens is 1. The lowest BCUT2D eigenvalue weighted by atomic mass is 10.0. The number of para-hydroxylation sites is 1. The van der Waals surface area contributed by atoms with Crippen LogP contribution in [0.15, 0.2) is 18.2 Å². The molecule has 1 unspecified atom stereocenters. The van der Waals surface area contributed by atoms with Crippen molar-refractivity contribution >= 4 is 23.0 Å². The summed E-state index contributed by atoms with van der Waals surface area (Å²) < 4.78 is 0. The number of hydrogen-bond donors (Lipinski definition) is 1. The number of nitro benzene ring substituents is 1. The molecule has 1 fully saturated rings. The Hall–Kier alpha value is -1.33. The van der Waals surface area contributed by atoms with E-state index < -0.39 is 0 Å². The highest BCUT2D eigenvalue weighted by molar-refractivity contribution is 6.33. The summed E-state index contributed by atoms with van der Waals surface area (Å²) in [5, 5.41) is 15.1. The van der Waals surface area contributed by atoms with Gasteiger partial charge < -0.3 is 10.2 Å². The molecule has 5 nitrogen and oxygen atoms in total. The first-order valence-corrected chi connectivity index (χ1v) is 7.42. The van der Waals surface area contributed by atoms with Gasteiger partial charge in [-0.2, -0.15) is 0 Å². The van der Waals surface area contributed by atoms with Gasteiger partial charge in [-0.3, -0.25) is 10.1 Å². The number of nitrogens with zero attached hydrogens (tertiary/aromatic N) is 2. The van der Waals surface area contributed by atoms with E-state index in [1.54, 1.807) is 12.1 Å². The Kier molecular flexibility index (Phi) is 5.20. The van der Waals surface area contributed by atoms with Crippen molar-refractivity contribution in [3.63, 3.8) is 0 Å². The first-order valence-electron chi connectivity index (χ1n) is 7.04. The number of anilines is 1. The van der Waals surface area contributed by atoms with Crippen LogP contribution in [-0.2, 0) is 0 Å². The van der Waals surface area contributed by atoms with Crippen molar-refractivity contribution in [2.45, 2.75) is 32.2 Å². The Balaban J connectivity index is 2.24. The average Bonchev–Trinajstić information content (AvgIpc) is 2.46. The molecule has 0 spiro atoms. The van der Waals surface area contributed by atoms with Gasteiger partial charge in [0, 0.05) is 25.2 Å². The van der Waals surface area contributed by atoms with Gasteiger partial charge in [-0.05, 0) is 32.4 Å². The first kappa shape index (κ1) is 15.1. The van der Waals surface area contributed by atoms with Crippen LogP contribution in [-0.4, -0.2) is 30.6 Å². The number of hydrogen-bond acceptors (Lipinski definition) is 4. The molecular weight excluding hydrogens is 278 g/mol. The smallest absolute Gasteiger partial charge is 0.294 e. The van der Waals surface area contributed by atoms with Crippen LogP contribution in [0.5, 0.6) is 0 Å². The molecule has 0 amide bonds. The fourth-order valence-electron chi connectivity index (χ4n) is 2.69. The lowest BCUT2D eigenvalue weighted by molar-refractivity contribution is -0.384. The molecule has 1 atom stereocenters. The van der Waals surface area contributed by atoms with Crippen molar-refractivity contribution in [3.05, 3.63) is 33.3 Å². The average molecular weight is 298 g/mol. The molecule has 1 heterocycles. The molecule has 2 rings (SSSR count). The second kappa shape index (κ2) is 6.90. The summed E-state index contributed by atoms with van der Waals surface area (Å²) in [6.07, 6.45) is 3.52. The van der Waals surface area contributed by atoms with Gasteiger partial charge in [0.2, 0.25) is 0 Å². The highest BCUT2D eigenvalue weighted by atomic mass is 35.5. The standard InChI is InChI=1S/C14H20ClN3O2/c1-2-17(10-11-6-3-4-9-16-11)14-12(15)7-5-8-13(14)18(19)20/h5,7-8,11,16H,2-4,6,9-10H2,1H3. The second-order valence-corrected chi connectivity index (χ2v) is 5.46. The van der Waals surface area contributed by atoms with E-state index in [0.717, 1.165) is 19.5 Å². The quantitative estimate of drug-likeness (QED) is 0.670. The third kappa shape index (κ3) is 3.41. The predicted molar refractivity (Wildman–Crippen MR) is 81.6 cm³/mol. The minimum absolute atomic E-state index is 0.0789. The Morgan fingerprint density at radius 3 is 2.90 bits per heavy atom. The van der Waals surface area contributed by atoms with E-state index in [1.165, 1.54) is 18.9 Å². The van der Waals surface area contributed by atoms with Crippen molar-refractivity contribution in [3.8, 4) is 0 Å². The largest absolute Gasteiger partial charge is 0.363 e. The topological polar surface area (TPSA) is 58.4 Å². The van der Waals surface area contributed by atoms with E-state index >= 15 is 0 Å². The van der Waals surface area contributed by atoms with Crippen molar-refractivity contribution in [2.24, 2.45) is 0 Å². The van der Waals surface area contributed by atoms with Crippen LogP contribution in [0.1, 0.15) is 26.2 Å². The molecule has 1 aliphatic heterocycles. The van der Waals surface area contributed by atoms with Crippen molar-refractivity contribution in [1.29, 1.82) is 0 Å². The normalized spacial score (nSPS) is 18.8. The van der Waals surface area contributed by atoms with Crippen LogP contribution in [0.4, 0.5) is 11.4 Å². The molecule has 1 aromatic rings. The zero-order valence-electron chi connectivity index (χ0n) is 11.6. The van der Waals surface area contributed by atoms with Crippen LogP contribution in [0.25, 0.3) is 0 Å². The number of piperidine rings is 1. The molecule has 0 bridgehead atoms. The third-order valence-corrected chi connectivity index (χ3v) is 4.02. The van der Waals surface area contributed by atoms with E-state index in [4.69, 9.17) is 11.6 Å². The van der Waals surface area contributed by atoms with Gasteiger partial charge in [0.05, 0.1) is 9.95 Å². The van der Waals surface area contributed by atoms with Gasteiger partial charge in [0.1, 0.15) is 5.69 Å². The van der Waals surface area contributed by atoms with Crippen molar-refractivity contribution in [1.82, 2.24) is 5.32 Å². The van der Waals surface area contributed by atoms with Gasteiger partial charge >= 0.3 is 0 Å². The Morgan fingerprint density at radius 2 is 2.30 bits per heavy atom. The van der Waals surface area contributed by atoms with Gasteiger partial charge in [0.15, 0.2) is 0 Å². The van der Waals surface area contributed by atoms with Crippen LogP contribution < -0.4 is 10.2 Å². The van der Waals surface area contributed by atoms with Gasteiger partial charge in [-0.1, -0.05) is 24.1 Å². The zero-order chi connectivity index (χ0) is 14.5. The summed E-state index contributed by atoms with van der Waals surface area (Å²) in [6.45, 7) is 4.46. The lowest BCUT2D eigenvalue weighted by Crippen LogP contribution is -2.44. The molecule has 1 saturated heterocycles. The SMILES string of the molecule is CCN(CC1CCCCN1)c1c(Cl)cccc1[N+](=O)[O-]. The number of benzene rings is 1. The summed E-state index contributed by atoms with van der Waals surface area (Å²) in [4.78, 5) is 12.8.